The van der Waals surface area contributed by atoms with E-state index in [4.69, 9.17) is 10.1 Å². The number of hydrogen-bond acceptors (Lipinski definition) is 2. The maximum atomic E-state index is 13.6. The summed E-state index contributed by atoms with van der Waals surface area (Å²) in [6.07, 6.45) is 0. The number of nitrogens with zero attached hydrogens (tertiary/aromatic N) is 3. The van der Waals surface area contributed by atoms with Crippen LogP contribution >= 0.6 is 0 Å². The van der Waals surface area contributed by atoms with E-state index in [9.17, 15) is 4.39 Å². The SMILES string of the molecule is Cc1ccc(Cn2nc(-c3nc4ccc(-c5cccc(F)c5)cc4[nH]3)cc2C)cc1. The lowest BCUT2D eigenvalue weighted by Crippen LogP contribution is -2.03. The minimum Gasteiger partial charge on any atom is -0.337 e. The van der Waals surface area contributed by atoms with Crippen molar-refractivity contribution in [1.29, 1.82) is 0 Å². The van der Waals surface area contributed by atoms with Gasteiger partial charge in [-0.15, -0.1) is 0 Å². The Bertz CT molecular complexity index is 1350. The van der Waals surface area contributed by atoms with E-state index in [0.29, 0.717) is 0 Å². The molecule has 148 valence electrons. The topological polar surface area (TPSA) is 46.5 Å². The molecule has 30 heavy (non-hydrogen) atoms. The zero-order valence-corrected chi connectivity index (χ0v) is 16.9. The molecule has 3 aromatic carbocycles. The molecule has 0 atom stereocenters. The van der Waals surface area contributed by atoms with E-state index in [1.165, 1.54) is 23.3 Å². The first-order chi connectivity index (χ1) is 14.5. The van der Waals surface area contributed by atoms with Crippen molar-refractivity contribution in [1.82, 2.24) is 19.7 Å². The molecule has 1 N–H and O–H groups in total. The Kier molecular flexibility index (Phi) is 4.43. The van der Waals surface area contributed by atoms with Gasteiger partial charge in [0.2, 0.25) is 0 Å². The van der Waals surface area contributed by atoms with E-state index >= 15 is 0 Å². The predicted molar refractivity (Wildman–Crippen MR) is 118 cm³/mol. The molecule has 5 rings (SSSR count). The number of rotatable bonds is 4. The first-order valence-electron chi connectivity index (χ1n) is 9.91. The van der Waals surface area contributed by atoms with Gasteiger partial charge in [-0.3, -0.25) is 4.68 Å². The van der Waals surface area contributed by atoms with Gasteiger partial charge in [-0.1, -0.05) is 48.0 Å². The lowest BCUT2D eigenvalue weighted by molar-refractivity contribution is 0.628. The summed E-state index contributed by atoms with van der Waals surface area (Å²) in [6.45, 7) is 4.85. The Balaban J connectivity index is 1.47. The normalized spacial score (nSPS) is 11.3. The third-order valence-corrected chi connectivity index (χ3v) is 5.32. The van der Waals surface area contributed by atoms with Crippen molar-refractivity contribution < 1.29 is 4.39 Å². The minimum atomic E-state index is -0.243. The van der Waals surface area contributed by atoms with Crippen molar-refractivity contribution in [3.8, 4) is 22.6 Å². The minimum absolute atomic E-state index is 0.243. The Hall–Kier alpha value is -3.73. The van der Waals surface area contributed by atoms with Crippen molar-refractivity contribution >= 4 is 11.0 Å². The number of halogens is 1. The molecule has 2 heterocycles. The molecule has 0 aliphatic rings. The number of H-pyrrole nitrogens is 1. The summed E-state index contributed by atoms with van der Waals surface area (Å²) >= 11 is 0. The van der Waals surface area contributed by atoms with Crippen LogP contribution in [0.25, 0.3) is 33.7 Å². The van der Waals surface area contributed by atoms with Crippen molar-refractivity contribution in [2.45, 2.75) is 20.4 Å². The summed E-state index contributed by atoms with van der Waals surface area (Å²) in [7, 11) is 0. The highest BCUT2D eigenvalue weighted by molar-refractivity contribution is 5.84. The average Bonchev–Trinajstić information content (AvgIpc) is 3.32. The number of nitrogens with one attached hydrogen (secondary N) is 1. The van der Waals surface area contributed by atoms with Crippen LogP contribution in [-0.4, -0.2) is 19.7 Å². The Morgan fingerprint density at radius 3 is 2.50 bits per heavy atom. The fraction of sp³-hybridized carbons (Fsp3) is 0.120. The molecule has 0 bridgehead atoms. The van der Waals surface area contributed by atoms with Crippen LogP contribution in [0.4, 0.5) is 4.39 Å². The highest BCUT2D eigenvalue weighted by Crippen LogP contribution is 2.26. The molecule has 0 spiro atoms. The summed E-state index contributed by atoms with van der Waals surface area (Å²) in [4.78, 5) is 8.07. The number of benzene rings is 3. The Labute approximate surface area is 174 Å². The van der Waals surface area contributed by atoms with Gasteiger partial charge in [0.1, 0.15) is 11.5 Å². The van der Waals surface area contributed by atoms with Gasteiger partial charge in [0, 0.05) is 5.69 Å². The van der Waals surface area contributed by atoms with Gasteiger partial charge in [-0.05, 0) is 60.9 Å². The molecule has 0 aliphatic heterocycles. The fourth-order valence-corrected chi connectivity index (χ4v) is 3.63. The molecule has 0 saturated heterocycles. The number of fused-ring (bicyclic) bond motifs is 1. The number of imidazole rings is 1. The summed E-state index contributed by atoms with van der Waals surface area (Å²) in [5.74, 6) is 0.486. The molecule has 0 amide bonds. The molecule has 0 aliphatic carbocycles. The third kappa shape index (κ3) is 3.50. The van der Waals surface area contributed by atoms with Crippen LogP contribution in [0, 0.1) is 19.7 Å². The van der Waals surface area contributed by atoms with Crippen LogP contribution in [0.2, 0.25) is 0 Å². The fourth-order valence-electron chi connectivity index (χ4n) is 3.63. The molecule has 5 aromatic rings. The zero-order chi connectivity index (χ0) is 20.7. The van der Waals surface area contributed by atoms with Gasteiger partial charge < -0.3 is 4.98 Å². The van der Waals surface area contributed by atoms with Gasteiger partial charge in [0.25, 0.3) is 0 Å². The number of aryl methyl sites for hydroxylation is 2. The summed E-state index contributed by atoms with van der Waals surface area (Å²) in [5, 5.41) is 4.76. The maximum absolute atomic E-state index is 13.6. The molecule has 4 nitrogen and oxygen atoms in total. The first kappa shape index (κ1) is 18.3. The predicted octanol–water partition coefficient (Wildman–Crippen LogP) is 5.90. The van der Waals surface area contributed by atoms with Crippen LogP contribution in [0.5, 0.6) is 0 Å². The summed E-state index contributed by atoms with van der Waals surface area (Å²) in [5.41, 5.74) is 7.88. The van der Waals surface area contributed by atoms with Gasteiger partial charge in [-0.25, -0.2) is 9.37 Å². The largest absolute Gasteiger partial charge is 0.337 e. The van der Waals surface area contributed by atoms with Gasteiger partial charge in [0.05, 0.1) is 17.6 Å². The Morgan fingerprint density at radius 1 is 0.900 bits per heavy atom. The second-order valence-electron chi connectivity index (χ2n) is 7.64. The number of hydrogen-bond donors (Lipinski definition) is 1. The lowest BCUT2D eigenvalue weighted by Gasteiger charge is -2.04. The van der Waals surface area contributed by atoms with Crippen LogP contribution in [0.3, 0.4) is 0 Å². The van der Waals surface area contributed by atoms with Gasteiger partial charge in [0.15, 0.2) is 5.82 Å². The molecule has 0 unspecified atom stereocenters. The summed E-state index contributed by atoms with van der Waals surface area (Å²) < 4.78 is 15.6. The second kappa shape index (κ2) is 7.26. The van der Waals surface area contributed by atoms with Crippen LogP contribution in [0.15, 0.2) is 72.8 Å². The van der Waals surface area contributed by atoms with Crippen LogP contribution in [-0.2, 0) is 6.54 Å². The highest BCUT2D eigenvalue weighted by atomic mass is 19.1. The second-order valence-corrected chi connectivity index (χ2v) is 7.64. The van der Waals surface area contributed by atoms with Crippen LogP contribution < -0.4 is 0 Å². The van der Waals surface area contributed by atoms with Crippen LogP contribution in [0.1, 0.15) is 16.8 Å². The lowest BCUT2D eigenvalue weighted by atomic mass is 10.1. The first-order valence-corrected chi connectivity index (χ1v) is 9.91. The van der Waals surface area contributed by atoms with E-state index < -0.39 is 0 Å². The zero-order valence-electron chi connectivity index (χ0n) is 16.9. The third-order valence-electron chi connectivity index (χ3n) is 5.32. The van der Waals surface area contributed by atoms with E-state index in [0.717, 1.165) is 45.9 Å². The average molecular weight is 396 g/mol. The standard InChI is InChI=1S/C25H21FN4/c1-16-6-8-18(9-7-16)15-30-17(2)12-24(29-30)25-27-22-11-10-20(14-23(22)28-25)19-4-3-5-21(26)13-19/h3-14H,15H2,1-2H3,(H,27,28). The summed E-state index contributed by atoms with van der Waals surface area (Å²) in [6, 6.07) is 23.0. The molecule has 0 radical (unpaired) electrons. The Morgan fingerprint density at radius 2 is 1.70 bits per heavy atom. The van der Waals surface area contributed by atoms with E-state index in [2.05, 4.69) is 43.1 Å². The number of aromatic amines is 1. The van der Waals surface area contributed by atoms with Gasteiger partial charge in [-0.2, -0.15) is 5.10 Å². The molecular formula is C25H21FN4. The van der Waals surface area contributed by atoms with Crippen molar-refractivity contribution in [3.63, 3.8) is 0 Å². The monoisotopic (exact) mass is 396 g/mol. The van der Waals surface area contributed by atoms with Crippen molar-refractivity contribution in [3.05, 3.63) is 95.4 Å². The quantitative estimate of drug-likeness (QED) is 0.411. The van der Waals surface area contributed by atoms with Crippen molar-refractivity contribution in [2.24, 2.45) is 0 Å². The maximum Gasteiger partial charge on any atom is 0.159 e. The van der Waals surface area contributed by atoms with E-state index in [-0.39, 0.29) is 5.82 Å². The number of aromatic nitrogens is 4. The molecule has 5 heteroatoms. The molecule has 0 saturated carbocycles. The smallest absolute Gasteiger partial charge is 0.159 e. The van der Waals surface area contributed by atoms with Gasteiger partial charge >= 0.3 is 0 Å². The molecular weight excluding hydrogens is 375 g/mol. The van der Waals surface area contributed by atoms with Crippen molar-refractivity contribution in [2.75, 3.05) is 0 Å². The molecule has 2 aromatic heterocycles. The highest BCUT2D eigenvalue weighted by Gasteiger charge is 2.12. The van der Waals surface area contributed by atoms with E-state index in [1.54, 1.807) is 6.07 Å². The molecule has 0 fully saturated rings. The van der Waals surface area contributed by atoms with E-state index in [1.807, 2.05) is 35.0 Å².